The zero-order valence-electron chi connectivity index (χ0n) is 20.1. The van der Waals surface area contributed by atoms with Gasteiger partial charge >= 0.3 is 0 Å². The highest BCUT2D eigenvalue weighted by atomic mass is 35.5. The molecule has 0 saturated carbocycles. The Balaban J connectivity index is 1.49. The van der Waals surface area contributed by atoms with Crippen LogP contribution in [-0.2, 0) is 16.1 Å². The van der Waals surface area contributed by atoms with Crippen molar-refractivity contribution >= 4 is 29.1 Å². The second-order valence-electron chi connectivity index (χ2n) is 8.58. The van der Waals surface area contributed by atoms with Crippen molar-refractivity contribution in [2.45, 2.75) is 45.1 Å². The topological polar surface area (TPSA) is 98.6 Å². The maximum Gasteiger partial charge on any atom is 0.244 e. The number of anilines is 1. The van der Waals surface area contributed by atoms with Gasteiger partial charge in [0.2, 0.25) is 11.8 Å². The molecule has 0 radical (unpaired) electrons. The monoisotopic (exact) mass is 511 g/mol. The van der Waals surface area contributed by atoms with E-state index in [4.69, 9.17) is 21.1 Å². The summed E-state index contributed by atoms with van der Waals surface area (Å²) in [6.45, 7) is 1.62. The van der Waals surface area contributed by atoms with Crippen LogP contribution in [0, 0.1) is 0 Å². The number of fused-ring (bicyclic) bond motifs is 2. The van der Waals surface area contributed by atoms with E-state index in [-0.39, 0.29) is 18.4 Å². The number of rotatable bonds is 4. The van der Waals surface area contributed by atoms with E-state index in [0.717, 1.165) is 25.7 Å². The van der Waals surface area contributed by atoms with E-state index in [1.165, 1.54) is 6.33 Å². The van der Waals surface area contributed by atoms with Gasteiger partial charge in [-0.05, 0) is 49.6 Å². The van der Waals surface area contributed by atoms with Crippen molar-refractivity contribution in [2.24, 2.45) is 0 Å². The number of carbonyl (C=O) groups excluding carboxylic acids is 2. The Morgan fingerprint density at radius 1 is 1.06 bits per heavy atom. The molecule has 0 saturated heterocycles. The normalized spacial score (nSPS) is 15.1. The van der Waals surface area contributed by atoms with Crippen LogP contribution >= 0.6 is 11.6 Å². The summed E-state index contributed by atoms with van der Waals surface area (Å²) in [5.41, 5.74) is 0.424. The number of para-hydroxylation sites is 2. The first-order chi connectivity index (χ1) is 17.6. The first-order valence-electron chi connectivity index (χ1n) is 12.2. The molecule has 3 aromatic rings. The maximum atomic E-state index is 13.0. The van der Waals surface area contributed by atoms with Crippen molar-refractivity contribution in [3.05, 3.63) is 60.1 Å². The molecule has 0 fully saturated rings. The summed E-state index contributed by atoms with van der Waals surface area (Å²) >= 11 is 6.21. The average Bonchev–Trinajstić information content (AvgIpc) is 3.38. The van der Waals surface area contributed by atoms with Gasteiger partial charge in [-0.25, -0.2) is 4.98 Å². The third-order valence-corrected chi connectivity index (χ3v) is 6.03. The highest BCUT2D eigenvalue weighted by Crippen LogP contribution is 2.36. The molecule has 0 bridgehead atoms. The van der Waals surface area contributed by atoms with E-state index < -0.39 is 0 Å². The standard InChI is InChI=1S/C26H30ClN5O4/c27-20-11-12-22-21(16-20)30-25(33)17-31(26(34)10-7-14-32-19-28-18-29-32)13-5-1-2-6-15-35-23-8-3-4-9-24(23)36-22/h3-4,8-9,11-12,16,18-19H,1-2,5-7,10,13-15,17H2,(H,30,33). The van der Waals surface area contributed by atoms with Gasteiger partial charge in [-0.2, -0.15) is 5.10 Å². The van der Waals surface area contributed by atoms with Gasteiger partial charge in [0.05, 0.1) is 18.8 Å². The number of nitrogens with zero attached hydrogens (tertiary/aromatic N) is 4. The van der Waals surface area contributed by atoms with Crippen LogP contribution < -0.4 is 14.8 Å². The van der Waals surface area contributed by atoms with E-state index >= 15 is 0 Å². The second kappa shape index (κ2) is 12.9. The molecule has 10 heteroatoms. The highest BCUT2D eigenvalue weighted by molar-refractivity contribution is 6.31. The molecule has 1 aromatic heterocycles. The van der Waals surface area contributed by atoms with Crippen molar-refractivity contribution in [1.29, 1.82) is 0 Å². The number of aromatic nitrogens is 3. The number of carbonyl (C=O) groups is 2. The molecule has 1 aliphatic heterocycles. The number of hydrogen-bond acceptors (Lipinski definition) is 6. The first kappa shape index (κ1) is 25.5. The zero-order valence-corrected chi connectivity index (χ0v) is 20.8. The summed E-state index contributed by atoms with van der Waals surface area (Å²) in [7, 11) is 0. The maximum absolute atomic E-state index is 13.0. The van der Waals surface area contributed by atoms with Crippen LogP contribution in [0.15, 0.2) is 55.1 Å². The smallest absolute Gasteiger partial charge is 0.244 e. The number of nitrogens with one attached hydrogen (secondary N) is 1. The quantitative estimate of drug-likeness (QED) is 0.533. The second-order valence-corrected chi connectivity index (χ2v) is 9.01. The molecule has 190 valence electrons. The lowest BCUT2D eigenvalue weighted by Gasteiger charge is -2.23. The van der Waals surface area contributed by atoms with Gasteiger partial charge in [-0.15, -0.1) is 0 Å². The summed E-state index contributed by atoms with van der Waals surface area (Å²) in [5, 5.41) is 7.39. The van der Waals surface area contributed by atoms with E-state index in [1.807, 2.05) is 24.3 Å². The lowest BCUT2D eigenvalue weighted by molar-refractivity contribution is -0.134. The van der Waals surface area contributed by atoms with Crippen LogP contribution in [0.25, 0.3) is 0 Å². The SMILES string of the molecule is O=C1CN(C(=O)CCCn2cncn2)CCCCCCOc2ccccc2Oc2ccc(Cl)cc2N1. The van der Waals surface area contributed by atoms with Crippen LogP contribution in [0.5, 0.6) is 17.2 Å². The van der Waals surface area contributed by atoms with Crippen LogP contribution in [0.4, 0.5) is 5.69 Å². The Hall–Kier alpha value is -3.59. The molecule has 0 aliphatic carbocycles. The lowest BCUT2D eigenvalue weighted by atomic mass is 10.1. The minimum absolute atomic E-state index is 0.0478. The molecular weight excluding hydrogens is 482 g/mol. The van der Waals surface area contributed by atoms with E-state index in [1.54, 1.807) is 34.1 Å². The number of aryl methyl sites for hydroxylation is 1. The lowest BCUT2D eigenvalue weighted by Crippen LogP contribution is -2.38. The van der Waals surface area contributed by atoms with E-state index in [0.29, 0.717) is 60.5 Å². The fourth-order valence-corrected chi connectivity index (χ4v) is 4.13. The molecule has 0 unspecified atom stereocenters. The van der Waals surface area contributed by atoms with Gasteiger partial charge in [0, 0.05) is 24.5 Å². The van der Waals surface area contributed by atoms with Gasteiger partial charge in [0.15, 0.2) is 17.2 Å². The van der Waals surface area contributed by atoms with Gasteiger partial charge in [0.1, 0.15) is 12.7 Å². The largest absolute Gasteiger partial charge is 0.490 e. The summed E-state index contributed by atoms with van der Waals surface area (Å²) in [5.74, 6) is 1.24. The summed E-state index contributed by atoms with van der Waals surface area (Å²) in [6, 6.07) is 12.5. The average molecular weight is 512 g/mol. The van der Waals surface area contributed by atoms with Gasteiger partial charge in [-0.3, -0.25) is 14.3 Å². The third kappa shape index (κ3) is 7.45. The van der Waals surface area contributed by atoms with E-state index in [2.05, 4.69) is 15.4 Å². The fraction of sp³-hybridized carbons (Fsp3) is 0.385. The minimum Gasteiger partial charge on any atom is -0.490 e. The van der Waals surface area contributed by atoms with Gasteiger partial charge in [-0.1, -0.05) is 36.6 Å². The predicted octanol–water partition coefficient (Wildman–Crippen LogP) is 4.92. The van der Waals surface area contributed by atoms with Crippen molar-refractivity contribution in [2.75, 3.05) is 25.0 Å². The Morgan fingerprint density at radius 2 is 1.89 bits per heavy atom. The predicted molar refractivity (Wildman–Crippen MR) is 136 cm³/mol. The molecule has 9 nitrogen and oxygen atoms in total. The van der Waals surface area contributed by atoms with Crippen LogP contribution in [-0.4, -0.2) is 51.2 Å². The molecule has 0 atom stereocenters. The van der Waals surface area contributed by atoms with Crippen LogP contribution in [0.1, 0.15) is 38.5 Å². The molecule has 1 N–H and O–H groups in total. The molecule has 36 heavy (non-hydrogen) atoms. The van der Waals surface area contributed by atoms with Gasteiger partial charge in [0.25, 0.3) is 0 Å². The summed E-state index contributed by atoms with van der Waals surface area (Å²) < 4.78 is 13.8. The minimum atomic E-state index is -0.316. The number of amides is 2. The van der Waals surface area contributed by atoms with Crippen molar-refractivity contribution in [3.8, 4) is 17.2 Å². The number of benzene rings is 2. The summed E-state index contributed by atoms with van der Waals surface area (Å²) in [6.07, 6.45) is 7.62. The zero-order chi connectivity index (χ0) is 25.2. The molecule has 2 heterocycles. The summed E-state index contributed by atoms with van der Waals surface area (Å²) in [4.78, 5) is 31.5. The first-order valence-corrected chi connectivity index (χ1v) is 12.6. The van der Waals surface area contributed by atoms with Crippen molar-refractivity contribution in [1.82, 2.24) is 19.7 Å². The molecule has 0 spiro atoms. The number of halogens is 1. The van der Waals surface area contributed by atoms with Crippen LogP contribution in [0.2, 0.25) is 5.02 Å². The number of hydrogen-bond donors (Lipinski definition) is 1. The Kier molecular flexibility index (Phi) is 9.15. The number of ether oxygens (including phenoxy) is 2. The Morgan fingerprint density at radius 3 is 2.72 bits per heavy atom. The van der Waals surface area contributed by atoms with Crippen molar-refractivity contribution < 1.29 is 19.1 Å². The van der Waals surface area contributed by atoms with Crippen molar-refractivity contribution in [3.63, 3.8) is 0 Å². The molecule has 1 aliphatic rings. The van der Waals surface area contributed by atoms with Crippen LogP contribution in [0.3, 0.4) is 0 Å². The molecule has 2 aromatic carbocycles. The van der Waals surface area contributed by atoms with Gasteiger partial charge < -0.3 is 19.7 Å². The highest BCUT2D eigenvalue weighted by Gasteiger charge is 2.19. The Bertz CT molecular complexity index is 1150. The fourth-order valence-electron chi connectivity index (χ4n) is 3.96. The molecule has 2 amide bonds. The Labute approximate surface area is 215 Å². The molecular formula is C26H30ClN5O4. The molecule has 4 rings (SSSR count). The third-order valence-electron chi connectivity index (χ3n) is 5.80. The van der Waals surface area contributed by atoms with E-state index in [9.17, 15) is 9.59 Å².